The molecule has 2 aromatic heterocycles. The van der Waals surface area contributed by atoms with Crippen LogP contribution in [0, 0.1) is 0 Å². The molecular weight excluding hydrogens is 261 g/mol. The van der Waals surface area contributed by atoms with Crippen LogP contribution in [-0.4, -0.2) is 20.7 Å². The Balaban J connectivity index is 2.21. The number of hydrogen-bond donors (Lipinski definition) is 1. The number of amides is 1. The zero-order chi connectivity index (χ0) is 14.0. The molecule has 1 amide bonds. The van der Waals surface area contributed by atoms with E-state index in [4.69, 9.17) is 0 Å². The van der Waals surface area contributed by atoms with Crippen LogP contribution in [0.1, 0.15) is 16.2 Å². The van der Waals surface area contributed by atoms with Crippen LogP contribution in [0.5, 0.6) is 0 Å². The average molecular weight is 270 g/mol. The molecular formula is C11H9F3N4O. The van der Waals surface area contributed by atoms with Crippen LogP contribution < -0.4 is 5.32 Å². The Labute approximate surface area is 106 Å². The number of hydrogen-bond acceptors (Lipinski definition) is 3. The van der Waals surface area contributed by atoms with Gasteiger partial charge in [-0.05, 0) is 12.1 Å². The van der Waals surface area contributed by atoms with Crippen molar-refractivity contribution in [2.75, 3.05) is 5.32 Å². The number of alkyl halides is 3. The first-order chi connectivity index (χ1) is 8.88. The van der Waals surface area contributed by atoms with E-state index in [-0.39, 0.29) is 5.69 Å². The van der Waals surface area contributed by atoms with Gasteiger partial charge in [0.25, 0.3) is 5.91 Å². The average Bonchev–Trinajstić information content (AvgIpc) is 2.72. The van der Waals surface area contributed by atoms with Crippen LogP contribution in [0.25, 0.3) is 0 Å². The molecule has 0 aliphatic rings. The van der Waals surface area contributed by atoms with Gasteiger partial charge >= 0.3 is 6.18 Å². The SMILES string of the molecule is Cn1nc(C(=O)Nc2ccncc2)cc1C(F)(F)F. The van der Waals surface area contributed by atoms with Crippen molar-refractivity contribution in [2.24, 2.45) is 7.05 Å². The smallest absolute Gasteiger partial charge is 0.320 e. The van der Waals surface area contributed by atoms with E-state index in [0.717, 1.165) is 7.05 Å². The minimum Gasteiger partial charge on any atom is -0.320 e. The number of anilines is 1. The van der Waals surface area contributed by atoms with Gasteiger partial charge in [-0.1, -0.05) is 0 Å². The molecule has 0 saturated carbocycles. The maximum atomic E-state index is 12.6. The highest BCUT2D eigenvalue weighted by atomic mass is 19.4. The lowest BCUT2D eigenvalue weighted by atomic mass is 10.3. The molecule has 0 bridgehead atoms. The predicted octanol–water partition coefficient (Wildman–Crippen LogP) is 2.09. The first-order valence-electron chi connectivity index (χ1n) is 5.20. The van der Waals surface area contributed by atoms with Gasteiger partial charge in [0.05, 0.1) is 0 Å². The van der Waals surface area contributed by atoms with Crippen molar-refractivity contribution >= 4 is 11.6 Å². The number of carbonyl (C=O) groups is 1. The summed E-state index contributed by atoms with van der Waals surface area (Å²) in [6.07, 6.45) is -1.64. The summed E-state index contributed by atoms with van der Waals surface area (Å²) < 4.78 is 38.3. The highest BCUT2D eigenvalue weighted by Crippen LogP contribution is 2.29. The molecule has 0 atom stereocenters. The van der Waals surface area contributed by atoms with Crippen molar-refractivity contribution in [3.05, 3.63) is 42.0 Å². The van der Waals surface area contributed by atoms with Gasteiger partial charge in [-0.2, -0.15) is 18.3 Å². The second kappa shape index (κ2) is 4.71. The van der Waals surface area contributed by atoms with Crippen LogP contribution >= 0.6 is 0 Å². The van der Waals surface area contributed by atoms with E-state index in [2.05, 4.69) is 15.4 Å². The molecule has 0 aliphatic heterocycles. The van der Waals surface area contributed by atoms with Gasteiger partial charge in [-0.3, -0.25) is 14.5 Å². The lowest BCUT2D eigenvalue weighted by molar-refractivity contribution is -0.143. The van der Waals surface area contributed by atoms with Gasteiger partial charge in [0.15, 0.2) is 5.69 Å². The highest BCUT2D eigenvalue weighted by Gasteiger charge is 2.35. The Hall–Kier alpha value is -2.38. The number of halogens is 3. The first-order valence-corrected chi connectivity index (χ1v) is 5.20. The molecule has 19 heavy (non-hydrogen) atoms. The summed E-state index contributed by atoms with van der Waals surface area (Å²) in [5, 5.41) is 5.97. The molecule has 2 rings (SSSR count). The number of pyridine rings is 1. The minimum atomic E-state index is -4.54. The van der Waals surface area contributed by atoms with Gasteiger partial charge in [-0.15, -0.1) is 0 Å². The summed E-state index contributed by atoms with van der Waals surface area (Å²) in [5.74, 6) is -0.711. The molecule has 0 radical (unpaired) electrons. The topological polar surface area (TPSA) is 59.8 Å². The molecule has 8 heteroatoms. The number of nitrogens with one attached hydrogen (secondary N) is 1. The number of carbonyl (C=O) groups excluding carboxylic acids is 1. The Morgan fingerprint density at radius 2 is 1.95 bits per heavy atom. The molecule has 0 unspecified atom stereocenters. The second-order valence-corrected chi connectivity index (χ2v) is 3.73. The third-order valence-corrected chi connectivity index (χ3v) is 2.34. The summed E-state index contributed by atoms with van der Waals surface area (Å²) in [6.45, 7) is 0. The van der Waals surface area contributed by atoms with Crippen molar-refractivity contribution in [1.82, 2.24) is 14.8 Å². The summed E-state index contributed by atoms with van der Waals surface area (Å²) in [5.41, 5.74) is -0.849. The maximum Gasteiger partial charge on any atom is 0.433 e. The van der Waals surface area contributed by atoms with Crippen molar-refractivity contribution in [3.63, 3.8) is 0 Å². The number of aromatic nitrogens is 3. The quantitative estimate of drug-likeness (QED) is 0.909. The van der Waals surface area contributed by atoms with E-state index < -0.39 is 17.8 Å². The van der Waals surface area contributed by atoms with Crippen LogP contribution in [-0.2, 0) is 13.2 Å². The predicted molar refractivity (Wildman–Crippen MR) is 60.4 cm³/mol. The molecule has 0 aliphatic carbocycles. The van der Waals surface area contributed by atoms with Gasteiger partial charge in [0.2, 0.25) is 0 Å². The summed E-state index contributed by atoms with van der Waals surface area (Å²) in [7, 11) is 1.13. The zero-order valence-electron chi connectivity index (χ0n) is 9.77. The molecule has 0 aromatic carbocycles. The molecule has 0 saturated heterocycles. The molecule has 2 aromatic rings. The van der Waals surface area contributed by atoms with E-state index in [1.54, 1.807) is 0 Å². The fourth-order valence-electron chi connectivity index (χ4n) is 1.47. The summed E-state index contributed by atoms with van der Waals surface area (Å²) in [6, 6.07) is 3.74. The molecule has 100 valence electrons. The Morgan fingerprint density at radius 3 is 2.47 bits per heavy atom. The number of rotatable bonds is 2. The van der Waals surface area contributed by atoms with Gasteiger partial charge in [-0.25, -0.2) is 0 Å². The minimum absolute atomic E-state index is 0.299. The van der Waals surface area contributed by atoms with Crippen molar-refractivity contribution < 1.29 is 18.0 Å². The maximum absolute atomic E-state index is 12.6. The van der Waals surface area contributed by atoms with E-state index in [0.29, 0.717) is 16.4 Å². The van der Waals surface area contributed by atoms with E-state index in [9.17, 15) is 18.0 Å². The standard InChI is InChI=1S/C11H9F3N4O/c1-18-9(11(12,13)14)6-8(17-18)10(19)16-7-2-4-15-5-3-7/h2-6H,1H3,(H,15,16,19). The van der Waals surface area contributed by atoms with Crippen molar-refractivity contribution in [2.45, 2.75) is 6.18 Å². The van der Waals surface area contributed by atoms with Crippen LogP contribution in [0.3, 0.4) is 0 Å². The largest absolute Gasteiger partial charge is 0.433 e. The normalized spacial score (nSPS) is 11.4. The van der Waals surface area contributed by atoms with Gasteiger partial charge in [0, 0.05) is 31.2 Å². The fourth-order valence-corrected chi connectivity index (χ4v) is 1.47. The van der Waals surface area contributed by atoms with Crippen molar-refractivity contribution in [1.29, 1.82) is 0 Å². The van der Waals surface area contributed by atoms with Gasteiger partial charge < -0.3 is 5.32 Å². The molecule has 2 heterocycles. The molecule has 0 fully saturated rings. The van der Waals surface area contributed by atoms with E-state index in [1.807, 2.05) is 0 Å². The first kappa shape index (κ1) is 13.1. The van der Waals surface area contributed by atoms with Crippen LogP contribution in [0.15, 0.2) is 30.6 Å². The molecule has 0 spiro atoms. The summed E-state index contributed by atoms with van der Waals surface area (Å²) >= 11 is 0. The number of aryl methyl sites for hydroxylation is 1. The zero-order valence-corrected chi connectivity index (χ0v) is 9.77. The van der Waals surface area contributed by atoms with Gasteiger partial charge in [0.1, 0.15) is 5.69 Å². The van der Waals surface area contributed by atoms with Crippen molar-refractivity contribution in [3.8, 4) is 0 Å². The Bertz CT molecular complexity index is 592. The fraction of sp³-hybridized carbons (Fsp3) is 0.182. The molecule has 5 nitrogen and oxygen atoms in total. The second-order valence-electron chi connectivity index (χ2n) is 3.73. The Morgan fingerprint density at radius 1 is 1.32 bits per heavy atom. The van der Waals surface area contributed by atoms with Crippen LogP contribution in [0.2, 0.25) is 0 Å². The molecule has 1 N–H and O–H groups in total. The lowest BCUT2D eigenvalue weighted by Crippen LogP contribution is -2.13. The lowest BCUT2D eigenvalue weighted by Gasteiger charge is -2.04. The third kappa shape index (κ3) is 2.90. The van der Waals surface area contributed by atoms with Crippen LogP contribution in [0.4, 0.5) is 18.9 Å². The monoisotopic (exact) mass is 270 g/mol. The Kier molecular flexibility index (Phi) is 3.24. The van der Waals surface area contributed by atoms with E-state index >= 15 is 0 Å². The third-order valence-electron chi connectivity index (χ3n) is 2.34. The summed E-state index contributed by atoms with van der Waals surface area (Å²) in [4.78, 5) is 15.5. The highest BCUT2D eigenvalue weighted by molar-refractivity contribution is 6.02. The number of nitrogens with zero attached hydrogens (tertiary/aromatic N) is 3. The van der Waals surface area contributed by atoms with E-state index in [1.165, 1.54) is 24.5 Å².